The number of aromatic nitrogens is 1. The Morgan fingerprint density at radius 2 is 1.84 bits per heavy atom. The van der Waals surface area contributed by atoms with E-state index in [2.05, 4.69) is 4.98 Å². The van der Waals surface area contributed by atoms with Gasteiger partial charge in [-0.2, -0.15) is 0 Å². The van der Waals surface area contributed by atoms with Crippen LogP contribution >= 0.6 is 11.6 Å². The average molecular weight is 358 g/mol. The number of pyridine rings is 1. The third-order valence-corrected chi connectivity index (χ3v) is 3.83. The van der Waals surface area contributed by atoms with E-state index in [0.29, 0.717) is 29.0 Å². The minimum absolute atomic E-state index is 0.348. The van der Waals surface area contributed by atoms with Crippen LogP contribution in [0.5, 0.6) is 17.4 Å². The monoisotopic (exact) mass is 357 g/mol. The first-order valence-electron chi connectivity index (χ1n) is 7.79. The van der Waals surface area contributed by atoms with Crippen LogP contribution in [0.25, 0.3) is 10.8 Å². The summed E-state index contributed by atoms with van der Waals surface area (Å²) < 4.78 is 11.3. The van der Waals surface area contributed by atoms with Gasteiger partial charge in [-0.1, -0.05) is 36.7 Å². The summed E-state index contributed by atoms with van der Waals surface area (Å²) in [6.45, 7) is 1.76. The first-order chi connectivity index (χ1) is 12.1. The van der Waals surface area contributed by atoms with Crippen LogP contribution in [0.2, 0.25) is 5.15 Å². The van der Waals surface area contributed by atoms with Crippen molar-refractivity contribution in [2.45, 2.75) is 19.4 Å². The van der Waals surface area contributed by atoms with Crippen molar-refractivity contribution in [3.05, 3.63) is 59.8 Å². The Morgan fingerprint density at radius 1 is 1.16 bits per heavy atom. The van der Waals surface area contributed by atoms with Gasteiger partial charge in [-0.05, 0) is 48.2 Å². The van der Waals surface area contributed by atoms with Crippen molar-refractivity contribution in [3.63, 3.8) is 0 Å². The molecule has 1 atom stereocenters. The van der Waals surface area contributed by atoms with Crippen molar-refractivity contribution in [2.24, 2.45) is 0 Å². The number of rotatable bonds is 6. The molecule has 1 heterocycles. The van der Waals surface area contributed by atoms with Gasteiger partial charge >= 0.3 is 5.97 Å². The Morgan fingerprint density at radius 3 is 2.52 bits per heavy atom. The highest BCUT2D eigenvalue weighted by molar-refractivity contribution is 6.30. The van der Waals surface area contributed by atoms with Gasteiger partial charge in [0.2, 0.25) is 5.88 Å². The maximum atomic E-state index is 11.0. The molecule has 0 bridgehead atoms. The minimum atomic E-state index is -0.988. The normalized spacial score (nSPS) is 11.9. The van der Waals surface area contributed by atoms with Gasteiger partial charge < -0.3 is 14.6 Å². The minimum Gasteiger partial charge on any atom is -0.479 e. The van der Waals surface area contributed by atoms with Crippen LogP contribution in [-0.4, -0.2) is 22.2 Å². The van der Waals surface area contributed by atoms with E-state index in [1.165, 1.54) is 0 Å². The van der Waals surface area contributed by atoms with E-state index in [-0.39, 0.29) is 0 Å². The summed E-state index contributed by atoms with van der Waals surface area (Å²) in [4.78, 5) is 15.3. The van der Waals surface area contributed by atoms with Crippen molar-refractivity contribution >= 4 is 28.3 Å². The number of hydrogen-bond acceptors (Lipinski definition) is 4. The molecule has 0 aliphatic carbocycles. The van der Waals surface area contributed by atoms with E-state index in [9.17, 15) is 4.79 Å². The number of halogens is 1. The Bertz CT molecular complexity index is 896. The Kier molecular flexibility index (Phi) is 5.05. The maximum Gasteiger partial charge on any atom is 0.344 e. The second-order valence-corrected chi connectivity index (χ2v) is 5.78. The smallest absolute Gasteiger partial charge is 0.344 e. The zero-order valence-electron chi connectivity index (χ0n) is 13.5. The predicted molar refractivity (Wildman–Crippen MR) is 95.6 cm³/mol. The third kappa shape index (κ3) is 4.00. The van der Waals surface area contributed by atoms with Gasteiger partial charge in [0.25, 0.3) is 0 Å². The molecule has 1 aromatic heterocycles. The molecule has 0 aliphatic rings. The molecule has 6 heteroatoms. The average Bonchev–Trinajstić information content (AvgIpc) is 2.60. The first-order valence-corrected chi connectivity index (χ1v) is 8.17. The molecule has 0 amide bonds. The fourth-order valence-electron chi connectivity index (χ4n) is 2.38. The molecule has 25 heavy (non-hydrogen) atoms. The van der Waals surface area contributed by atoms with Gasteiger partial charge in [-0.25, -0.2) is 9.78 Å². The van der Waals surface area contributed by atoms with Crippen LogP contribution in [0.1, 0.15) is 13.3 Å². The summed E-state index contributed by atoms with van der Waals surface area (Å²) in [6.07, 6.45) is -0.489. The summed E-state index contributed by atoms with van der Waals surface area (Å²) in [7, 11) is 0. The molecule has 3 aromatic rings. The van der Waals surface area contributed by atoms with Crippen molar-refractivity contribution in [1.82, 2.24) is 4.98 Å². The molecule has 0 aliphatic heterocycles. The van der Waals surface area contributed by atoms with Crippen LogP contribution in [-0.2, 0) is 4.79 Å². The molecule has 1 unspecified atom stereocenters. The first kappa shape index (κ1) is 17.0. The number of nitrogens with zero attached hydrogens (tertiary/aromatic N) is 1. The zero-order valence-corrected chi connectivity index (χ0v) is 14.2. The second kappa shape index (κ2) is 7.40. The lowest BCUT2D eigenvalue weighted by Gasteiger charge is -2.13. The number of carboxylic acids is 1. The number of ether oxygens (including phenoxy) is 2. The Balaban J connectivity index is 1.81. The van der Waals surface area contributed by atoms with Crippen molar-refractivity contribution in [2.75, 3.05) is 0 Å². The van der Waals surface area contributed by atoms with Crippen molar-refractivity contribution in [1.29, 1.82) is 0 Å². The third-order valence-electron chi connectivity index (χ3n) is 3.64. The van der Waals surface area contributed by atoms with Gasteiger partial charge in [-0.3, -0.25) is 0 Å². The molecule has 0 saturated heterocycles. The summed E-state index contributed by atoms with van der Waals surface area (Å²) in [5, 5.41) is 11.2. The van der Waals surface area contributed by atoms with E-state index in [4.69, 9.17) is 26.2 Å². The molecule has 0 fully saturated rings. The largest absolute Gasteiger partial charge is 0.479 e. The lowest BCUT2D eigenvalue weighted by atomic mass is 10.2. The molecule has 5 nitrogen and oxygen atoms in total. The molecular weight excluding hydrogens is 342 g/mol. The number of benzene rings is 2. The van der Waals surface area contributed by atoms with Gasteiger partial charge in [0.15, 0.2) is 6.10 Å². The van der Waals surface area contributed by atoms with Crippen molar-refractivity contribution in [3.8, 4) is 17.4 Å². The van der Waals surface area contributed by atoms with Gasteiger partial charge in [0.05, 0.1) is 0 Å². The van der Waals surface area contributed by atoms with Gasteiger partial charge in [-0.15, -0.1) is 0 Å². The highest BCUT2D eigenvalue weighted by atomic mass is 35.5. The molecule has 2 aromatic carbocycles. The second-order valence-electron chi connectivity index (χ2n) is 5.40. The number of carbonyl (C=O) groups is 1. The molecule has 0 spiro atoms. The molecule has 3 rings (SSSR count). The van der Waals surface area contributed by atoms with Crippen LogP contribution in [0.15, 0.2) is 54.6 Å². The van der Waals surface area contributed by atoms with Crippen LogP contribution in [0.4, 0.5) is 0 Å². The zero-order chi connectivity index (χ0) is 17.8. The van der Waals surface area contributed by atoms with E-state index >= 15 is 0 Å². The number of fused-ring (bicyclic) bond motifs is 1. The fourth-order valence-corrected chi connectivity index (χ4v) is 2.58. The maximum absolute atomic E-state index is 11.0. The summed E-state index contributed by atoms with van der Waals surface area (Å²) in [5.41, 5.74) is 0. The molecule has 128 valence electrons. The Labute approximate surface area is 149 Å². The number of aliphatic carboxylic acids is 1. The van der Waals surface area contributed by atoms with Crippen molar-refractivity contribution < 1.29 is 19.4 Å². The highest BCUT2D eigenvalue weighted by Crippen LogP contribution is 2.31. The topological polar surface area (TPSA) is 68.7 Å². The van der Waals surface area contributed by atoms with Gasteiger partial charge in [0.1, 0.15) is 16.7 Å². The molecular formula is C19H16ClNO4. The van der Waals surface area contributed by atoms with Crippen LogP contribution in [0.3, 0.4) is 0 Å². The molecule has 0 radical (unpaired) electrons. The molecule has 0 saturated carbocycles. The number of carboxylic acid groups (broad SMARTS) is 1. The Hall–Kier alpha value is -2.79. The summed E-state index contributed by atoms with van der Waals surface area (Å²) in [6, 6.07) is 16.1. The number of hydrogen-bond donors (Lipinski definition) is 1. The standard InChI is InChI=1S/C19H16ClNO4/c1-2-16(19(22)23)24-13-7-9-14(10-8-13)25-18-15-6-4-3-5-12(15)11-17(20)21-18/h3-11,16H,2H2,1H3,(H,22,23). The molecule has 1 N–H and O–H groups in total. The lowest BCUT2D eigenvalue weighted by Crippen LogP contribution is -2.25. The van der Waals surface area contributed by atoms with E-state index in [0.717, 1.165) is 10.8 Å². The predicted octanol–water partition coefficient (Wildman–Crippen LogP) is 4.92. The summed E-state index contributed by atoms with van der Waals surface area (Å²) in [5.74, 6) is 0.437. The SMILES string of the molecule is CCC(Oc1ccc(Oc2nc(Cl)cc3ccccc23)cc1)C(=O)O. The fraction of sp³-hybridized carbons (Fsp3) is 0.158. The highest BCUT2D eigenvalue weighted by Gasteiger charge is 2.16. The quantitative estimate of drug-likeness (QED) is 0.634. The lowest BCUT2D eigenvalue weighted by molar-refractivity contribution is -0.145. The van der Waals surface area contributed by atoms with Crippen LogP contribution < -0.4 is 9.47 Å². The van der Waals surface area contributed by atoms with E-state index in [1.54, 1.807) is 37.3 Å². The van der Waals surface area contributed by atoms with Crippen LogP contribution in [0, 0.1) is 0 Å². The van der Waals surface area contributed by atoms with E-state index < -0.39 is 12.1 Å². The van der Waals surface area contributed by atoms with E-state index in [1.807, 2.05) is 24.3 Å². The van der Waals surface area contributed by atoms with Gasteiger partial charge in [0, 0.05) is 5.39 Å². The summed E-state index contributed by atoms with van der Waals surface area (Å²) >= 11 is 6.05.